The highest BCUT2D eigenvalue weighted by atomic mass is 16.5. The fourth-order valence-corrected chi connectivity index (χ4v) is 0.864. The Balaban J connectivity index is 2.71. The normalized spacial score (nSPS) is 10.2. The van der Waals surface area contributed by atoms with E-state index in [-0.39, 0.29) is 6.10 Å². The van der Waals surface area contributed by atoms with Gasteiger partial charge < -0.3 is 4.74 Å². The van der Waals surface area contributed by atoms with E-state index >= 15 is 0 Å². The fourth-order valence-electron chi connectivity index (χ4n) is 0.864. The molecule has 0 aliphatic carbocycles. The van der Waals surface area contributed by atoms with Gasteiger partial charge in [0.2, 0.25) is 0 Å². The molecule has 1 rings (SSSR count). The van der Waals surface area contributed by atoms with E-state index in [2.05, 4.69) is 4.98 Å². The summed E-state index contributed by atoms with van der Waals surface area (Å²) in [5.41, 5.74) is 1.13. The Morgan fingerprint density at radius 3 is 2.64 bits per heavy atom. The highest BCUT2D eigenvalue weighted by Gasteiger charge is 1.96. The summed E-state index contributed by atoms with van der Waals surface area (Å²) in [5, 5.41) is 0. The number of aryl methyl sites for hydroxylation is 1. The predicted molar refractivity (Wildman–Crippen MR) is 44.7 cm³/mol. The lowest BCUT2D eigenvalue weighted by Gasteiger charge is -2.08. The van der Waals surface area contributed by atoms with Gasteiger partial charge >= 0.3 is 0 Å². The van der Waals surface area contributed by atoms with Gasteiger partial charge in [0.05, 0.1) is 12.3 Å². The average molecular weight is 151 g/mol. The maximum Gasteiger partial charge on any atom is 0.138 e. The van der Waals surface area contributed by atoms with Gasteiger partial charge in [-0.25, -0.2) is 0 Å². The van der Waals surface area contributed by atoms with E-state index in [1.54, 1.807) is 6.20 Å². The lowest BCUT2D eigenvalue weighted by Crippen LogP contribution is -2.05. The van der Waals surface area contributed by atoms with Crippen LogP contribution in [0.15, 0.2) is 18.5 Å². The molecule has 1 aromatic heterocycles. The monoisotopic (exact) mass is 151 g/mol. The molecule has 0 aliphatic rings. The van der Waals surface area contributed by atoms with E-state index in [0.29, 0.717) is 0 Å². The summed E-state index contributed by atoms with van der Waals surface area (Å²) in [6.45, 7) is 6.00. The van der Waals surface area contributed by atoms with Crippen molar-refractivity contribution in [2.45, 2.75) is 26.9 Å². The number of ether oxygens (including phenoxy) is 1. The number of nitrogens with zero attached hydrogens (tertiary/aromatic N) is 1. The molecule has 2 nitrogen and oxygen atoms in total. The summed E-state index contributed by atoms with van der Waals surface area (Å²) in [4.78, 5) is 4.01. The highest BCUT2D eigenvalue weighted by molar-refractivity contribution is 5.22. The topological polar surface area (TPSA) is 22.1 Å². The minimum Gasteiger partial charge on any atom is -0.489 e. The molecule has 0 unspecified atom stereocenters. The number of hydrogen-bond donors (Lipinski definition) is 0. The second-order valence-electron chi connectivity index (χ2n) is 2.86. The first-order chi connectivity index (χ1) is 5.18. The zero-order valence-electron chi connectivity index (χ0n) is 7.16. The van der Waals surface area contributed by atoms with Crippen LogP contribution in [0.2, 0.25) is 0 Å². The second-order valence-corrected chi connectivity index (χ2v) is 2.86. The number of rotatable bonds is 2. The molecule has 1 aromatic rings. The lowest BCUT2D eigenvalue weighted by molar-refractivity contribution is 0.241. The fraction of sp³-hybridized carbons (Fsp3) is 0.444. The quantitative estimate of drug-likeness (QED) is 0.646. The maximum atomic E-state index is 5.43. The zero-order chi connectivity index (χ0) is 8.27. The molecule has 0 amide bonds. The predicted octanol–water partition coefficient (Wildman–Crippen LogP) is 2.18. The van der Waals surface area contributed by atoms with E-state index in [9.17, 15) is 0 Å². The molecule has 0 aromatic carbocycles. The van der Waals surface area contributed by atoms with Crippen molar-refractivity contribution < 1.29 is 4.74 Å². The van der Waals surface area contributed by atoms with E-state index in [0.717, 1.165) is 11.3 Å². The summed E-state index contributed by atoms with van der Waals surface area (Å²) < 4.78 is 5.43. The van der Waals surface area contributed by atoms with Gasteiger partial charge in [-0.2, -0.15) is 0 Å². The van der Waals surface area contributed by atoms with Crippen LogP contribution in [-0.4, -0.2) is 11.1 Å². The van der Waals surface area contributed by atoms with Crippen LogP contribution >= 0.6 is 0 Å². The third kappa shape index (κ3) is 2.58. The van der Waals surface area contributed by atoms with Crippen molar-refractivity contribution in [1.82, 2.24) is 4.98 Å². The van der Waals surface area contributed by atoms with Crippen LogP contribution in [-0.2, 0) is 0 Å². The van der Waals surface area contributed by atoms with Crippen LogP contribution < -0.4 is 4.74 Å². The van der Waals surface area contributed by atoms with Crippen LogP contribution in [0.4, 0.5) is 0 Å². The number of pyridine rings is 1. The first kappa shape index (κ1) is 8.05. The van der Waals surface area contributed by atoms with E-state index in [1.165, 1.54) is 0 Å². The summed E-state index contributed by atoms with van der Waals surface area (Å²) >= 11 is 0. The molecule has 0 bridgehead atoms. The first-order valence-corrected chi connectivity index (χ1v) is 3.77. The van der Waals surface area contributed by atoms with Crippen molar-refractivity contribution in [2.24, 2.45) is 0 Å². The maximum absolute atomic E-state index is 5.43. The minimum atomic E-state index is 0.221. The van der Waals surface area contributed by atoms with Gasteiger partial charge in [-0.15, -0.1) is 0 Å². The molecule has 1 heterocycles. The summed E-state index contributed by atoms with van der Waals surface area (Å²) in [5.74, 6) is 0.847. The Labute approximate surface area is 67.2 Å². The van der Waals surface area contributed by atoms with Crippen molar-refractivity contribution in [3.8, 4) is 5.75 Å². The molecular formula is C9H13NO. The van der Waals surface area contributed by atoms with Gasteiger partial charge in [0, 0.05) is 6.20 Å². The van der Waals surface area contributed by atoms with Crippen molar-refractivity contribution in [3.05, 3.63) is 24.0 Å². The van der Waals surface area contributed by atoms with E-state index < -0.39 is 0 Å². The molecule has 0 N–H and O–H groups in total. The van der Waals surface area contributed by atoms with Crippen LogP contribution in [0.5, 0.6) is 5.75 Å². The van der Waals surface area contributed by atoms with Crippen LogP contribution in [0.3, 0.4) is 0 Å². The van der Waals surface area contributed by atoms with Crippen molar-refractivity contribution in [3.63, 3.8) is 0 Å². The van der Waals surface area contributed by atoms with Gasteiger partial charge in [0.25, 0.3) is 0 Å². The van der Waals surface area contributed by atoms with Crippen LogP contribution in [0.25, 0.3) is 0 Å². The highest BCUT2D eigenvalue weighted by Crippen LogP contribution is 2.11. The van der Waals surface area contributed by atoms with Gasteiger partial charge in [-0.1, -0.05) is 0 Å². The Hall–Kier alpha value is -1.05. The summed E-state index contributed by atoms with van der Waals surface area (Å²) in [7, 11) is 0. The Bertz CT molecular complexity index is 233. The van der Waals surface area contributed by atoms with Gasteiger partial charge in [-0.3, -0.25) is 4.98 Å². The van der Waals surface area contributed by atoms with Gasteiger partial charge in [0.1, 0.15) is 5.75 Å². The third-order valence-corrected chi connectivity index (χ3v) is 1.22. The molecule has 0 radical (unpaired) electrons. The van der Waals surface area contributed by atoms with E-state index in [1.807, 2.05) is 33.0 Å². The Kier molecular flexibility index (Phi) is 2.47. The first-order valence-electron chi connectivity index (χ1n) is 3.77. The number of aromatic nitrogens is 1. The van der Waals surface area contributed by atoms with E-state index in [4.69, 9.17) is 4.74 Å². The Morgan fingerprint density at radius 1 is 1.36 bits per heavy atom. The largest absolute Gasteiger partial charge is 0.489 e. The van der Waals surface area contributed by atoms with Crippen LogP contribution in [0, 0.1) is 6.92 Å². The third-order valence-electron chi connectivity index (χ3n) is 1.22. The molecule has 2 heteroatoms. The molecule has 0 spiro atoms. The molecule has 11 heavy (non-hydrogen) atoms. The number of hydrogen-bond acceptors (Lipinski definition) is 2. The van der Waals surface area contributed by atoms with Crippen molar-refractivity contribution in [2.75, 3.05) is 0 Å². The van der Waals surface area contributed by atoms with Crippen molar-refractivity contribution in [1.29, 1.82) is 0 Å². The molecule has 0 atom stereocenters. The molecule has 60 valence electrons. The Morgan fingerprint density at radius 2 is 2.09 bits per heavy atom. The van der Waals surface area contributed by atoms with Gasteiger partial charge in [-0.05, 0) is 32.4 Å². The zero-order valence-corrected chi connectivity index (χ0v) is 7.16. The summed E-state index contributed by atoms with van der Waals surface area (Å²) in [6, 6.07) is 1.98. The summed E-state index contributed by atoms with van der Waals surface area (Å²) in [6.07, 6.45) is 3.76. The average Bonchev–Trinajstić information content (AvgIpc) is 1.85. The van der Waals surface area contributed by atoms with Gasteiger partial charge in [0.15, 0.2) is 0 Å². The standard InChI is InChI=1S/C9H13NO/c1-7(2)11-9-4-8(3)5-10-6-9/h4-7H,1-3H3. The molecule has 0 aliphatic heterocycles. The molecule has 0 saturated carbocycles. The molecule has 0 saturated heterocycles. The van der Waals surface area contributed by atoms with Crippen molar-refractivity contribution >= 4 is 0 Å². The second kappa shape index (κ2) is 3.37. The smallest absolute Gasteiger partial charge is 0.138 e. The molecular weight excluding hydrogens is 138 g/mol. The minimum absolute atomic E-state index is 0.221. The lowest BCUT2D eigenvalue weighted by atomic mass is 10.3. The molecule has 0 fully saturated rings. The van der Waals surface area contributed by atoms with Crippen LogP contribution in [0.1, 0.15) is 19.4 Å². The SMILES string of the molecule is Cc1cncc(OC(C)C)c1.